The number of rotatable bonds is 6. The standard InChI is InChI=1S/C18H31N3/c1-5-10-20-16-8-9-18(2,3)12-17(16)21(4)14-15-7-6-11-19-13-15/h6-7,11,13,16-17,20H,5,8-10,12,14H2,1-4H3. The van der Waals surface area contributed by atoms with E-state index in [1.165, 1.54) is 31.2 Å². The molecule has 1 aromatic rings. The van der Waals surface area contributed by atoms with E-state index in [0.717, 1.165) is 13.1 Å². The van der Waals surface area contributed by atoms with Crippen molar-refractivity contribution >= 4 is 0 Å². The number of nitrogens with zero attached hydrogens (tertiary/aromatic N) is 2. The summed E-state index contributed by atoms with van der Waals surface area (Å²) in [7, 11) is 2.26. The van der Waals surface area contributed by atoms with Crippen LogP contribution in [0.5, 0.6) is 0 Å². The minimum Gasteiger partial charge on any atom is -0.312 e. The van der Waals surface area contributed by atoms with Crippen LogP contribution in [0, 0.1) is 5.41 Å². The van der Waals surface area contributed by atoms with Gasteiger partial charge in [0.15, 0.2) is 0 Å². The molecule has 21 heavy (non-hydrogen) atoms. The molecule has 0 aliphatic heterocycles. The van der Waals surface area contributed by atoms with Crippen LogP contribution >= 0.6 is 0 Å². The normalized spacial score (nSPS) is 25.2. The van der Waals surface area contributed by atoms with Crippen molar-refractivity contribution in [3.8, 4) is 0 Å². The van der Waals surface area contributed by atoms with E-state index in [1.54, 1.807) is 0 Å². The first-order valence-corrected chi connectivity index (χ1v) is 8.34. The van der Waals surface area contributed by atoms with Gasteiger partial charge in [0.05, 0.1) is 0 Å². The summed E-state index contributed by atoms with van der Waals surface area (Å²) in [5.74, 6) is 0. The Bertz CT molecular complexity index is 416. The fourth-order valence-electron chi connectivity index (χ4n) is 3.48. The number of nitrogens with one attached hydrogen (secondary N) is 1. The van der Waals surface area contributed by atoms with Crippen molar-refractivity contribution in [3.63, 3.8) is 0 Å². The highest BCUT2D eigenvalue weighted by molar-refractivity contribution is 5.09. The molecule has 0 saturated heterocycles. The fraction of sp³-hybridized carbons (Fsp3) is 0.722. The smallest absolute Gasteiger partial charge is 0.0312 e. The van der Waals surface area contributed by atoms with Crippen LogP contribution in [0.4, 0.5) is 0 Å². The summed E-state index contributed by atoms with van der Waals surface area (Å²) in [6.07, 6.45) is 8.92. The quantitative estimate of drug-likeness (QED) is 0.869. The highest BCUT2D eigenvalue weighted by atomic mass is 15.2. The van der Waals surface area contributed by atoms with E-state index >= 15 is 0 Å². The lowest BCUT2D eigenvalue weighted by molar-refractivity contribution is 0.0774. The maximum absolute atomic E-state index is 4.24. The molecule has 1 saturated carbocycles. The van der Waals surface area contributed by atoms with Gasteiger partial charge in [0.1, 0.15) is 0 Å². The average molecular weight is 289 g/mol. The van der Waals surface area contributed by atoms with Gasteiger partial charge in [-0.25, -0.2) is 0 Å². The van der Waals surface area contributed by atoms with Gasteiger partial charge < -0.3 is 5.32 Å². The van der Waals surface area contributed by atoms with E-state index in [2.05, 4.69) is 49.1 Å². The summed E-state index contributed by atoms with van der Waals surface area (Å²) >= 11 is 0. The molecule has 0 amide bonds. The molecule has 0 spiro atoms. The Morgan fingerprint density at radius 3 is 2.90 bits per heavy atom. The van der Waals surface area contributed by atoms with Crippen molar-refractivity contribution < 1.29 is 0 Å². The molecule has 1 N–H and O–H groups in total. The summed E-state index contributed by atoms with van der Waals surface area (Å²) in [6, 6.07) is 5.44. The molecule has 3 nitrogen and oxygen atoms in total. The van der Waals surface area contributed by atoms with Gasteiger partial charge >= 0.3 is 0 Å². The van der Waals surface area contributed by atoms with Gasteiger partial charge in [-0.1, -0.05) is 26.8 Å². The predicted octanol–water partition coefficient (Wildman–Crippen LogP) is 3.46. The van der Waals surface area contributed by atoms with E-state index in [4.69, 9.17) is 0 Å². The van der Waals surface area contributed by atoms with Crippen LogP contribution in [-0.4, -0.2) is 35.6 Å². The molecule has 0 bridgehead atoms. The molecule has 2 unspecified atom stereocenters. The van der Waals surface area contributed by atoms with Crippen molar-refractivity contribution in [1.82, 2.24) is 15.2 Å². The van der Waals surface area contributed by atoms with Gasteiger partial charge in [0.2, 0.25) is 0 Å². The van der Waals surface area contributed by atoms with Crippen LogP contribution in [-0.2, 0) is 6.54 Å². The lowest BCUT2D eigenvalue weighted by atomic mass is 9.72. The second kappa shape index (κ2) is 7.37. The van der Waals surface area contributed by atoms with Gasteiger partial charge in [-0.05, 0) is 56.3 Å². The molecular weight excluding hydrogens is 258 g/mol. The molecule has 1 heterocycles. The zero-order chi connectivity index (χ0) is 15.3. The lowest BCUT2D eigenvalue weighted by Gasteiger charge is -2.45. The van der Waals surface area contributed by atoms with Gasteiger partial charge in [-0.2, -0.15) is 0 Å². The lowest BCUT2D eigenvalue weighted by Crippen LogP contribution is -2.53. The Hall–Kier alpha value is -0.930. The minimum atomic E-state index is 0.457. The minimum absolute atomic E-state index is 0.457. The molecule has 0 aromatic carbocycles. The van der Waals surface area contributed by atoms with Gasteiger partial charge in [-0.3, -0.25) is 9.88 Å². The molecule has 118 valence electrons. The summed E-state index contributed by atoms with van der Waals surface area (Å²) in [6.45, 7) is 9.18. The first-order chi connectivity index (χ1) is 10.0. The van der Waals surface area contributed by atoms with E-state index in [1.807, 2.05) is 18.5 Å². The third-order valence-corrected chi connectivity index (χ3v) is 4.74. The van der Waals surface area contributed by atoms with Gasteiger partial charge in [-0.15, -0.1) is 0 Å². The molecule has 1 aromatic heterocycles. The summed E-state index contributed by atoms with van der Waals surface area (Å²) in [4.78, 5) is 6.76. The Kier molecular flexibility index (Phi) is 5.77. The van der Waals surface area contributed by atoms with E-state index in [9.17, 15) is 0 Å². The highest BCUT2D eigenvalue weighted by Gasteiger charge is 2.36. The molecule has 2 rings (SSSR count). The molecule has 3 heteroatoms. The molecule has 1 aliphatic rings. The first-order valence-electron chi connectivity index (χ1n) is 8.34. The Morgan fingerprint density at radius 1 is 1.43 bits per heavy atom. The monoisotopic (exact) mass is 289 g/mol. The van der Waals surface area contributed by atoms with Crippen LogP contribution < -0.4 is 5.32 Å². The molecule has 0 radical (unpaired) electrons. The van der Waals surface area contributed by atoms with Crippen LogP contribution in [0.3, 0.4) is 0 Å². The van der Waals surface area contributed by atoms with Gasteiger partial charge in [0.25, 0.3) is 0 Å². The van der Waals surface area contributed by atoms with Crippen LogP contribution in [0.1, 0.15) is 52.0 Å². The summed E-state index contributed by atoms with van der Waals surface area (Å²) in [5, 5.41) is 3.77. The number of pyridine rings is 1. The van der Waals surface area contributed by atoms with Crippen LogP contribution in [0.2, 0.25) is 0 Å². The predicted molar refractivity (Wildman–Crippen MR) is 89.2 cm³/mol. The van der Waals surface area contributed by atoms with Gasteiger partial charge in [0, 0.05) is 31.0 Å². The number of likely N-dealkylation sites (N-methyl/N-ethyl adjacent to an activating group) is 1. The fourth-order valence-corrected chi connectivity index (χ4v) is 3.48. The van der Waals surface area contributed by atoms with E-state index in [-0.39, 0.29) is 0 Å². The van der Waals surface area contributed by atoms with E-state index < -0.39 is 0 Å². The van der Waals surface area contributed by atoms with Crippen LogP contribution in [0.25, 0.3) is 0 Å². The van der Waals surface area contributed by atoms with Crippen LogP contribution in [0.15, 0.2) is 24.5 Å². The van der Waals surface area contributed by atoms with Crippen molar-refractivity contribution in [2.45, 2.75) is 65.1 Å². The largest absolute Gasteiger partial charge is 0.312 e. The number of aromatic nitrogens is 1. The molecule has 1 fully saturated rings. The van der Waals surface area contributed by atoms with Crippen molar-refractivity contribution in [2.75, 3.05) is 13.6 Å². The Balaban J connectivity index is 2.03. The zero-order valence-corrected chi connectivity index (χ0v) is 14.1. The second-order valence-electron chi connectivity index (χ2n) is 7.31. The second-order valence-corrected chi connectivity index (χ2v) is 7.31. The average Bonchev–Trinajstić information content (AvgIpc) is 2.46. The van der Waals surface area contributed by atoms with E-state index in [0.29, 0.717) is 17.5 Å². The maximum atomic E-state index is 4.24. The van der Waals surface area contributed by atoms with Crippen molar-refractivity contribution in [2.24, 2.45) is 5.41 Å². The van der Waals surface area contributed by atoms with Crippen molar-refractivity contribution in [3.05, 3.63) is 30.1 Å². The third-order valence-electron chi connectivity index (χ3n) is 4.74. The third kappa shape index (κ3) is 4.79. The topological polar surface area (TPSA) is 28.2 Å². The summed E-state index contributed by atoms with van der Waals surface area (Å²) in [5.41, 5.74) is 1.76. The Morgan fingerprint density at radius 2 is 2.24 bits per heavy atom. The Labute approximate surface area is 130 Å². The SMILES string of the molecule is CCCNC1CCC(C)(C)CC1N(C)Cc1cccnc1. The first kappa shape index (κ1) is 16.4. The highest BCUT2D eigenvalue weighted by Crippen LogP contribution is 2.37. The number of hydrogen-bond acceptors (Lipinski definition) is 3. The maximum Gasteiger partial charge on any atom is 0.0312 e. The number of hydrogen-bond donors (Lipinski definition) is 1. The molecule has 2 atom stereocenters. The zero-order valence-electron chi connectivity index (χ0n) is 14.1. The molecule has 1 aliphatic carbocycles. The summed E-state index contributed by atoms with van der Waals surface area (Å²) < 4.78 is 0. The van der Waals surface area contributed by atoms with Crippen molar-refractivity contribution in [1.29, 1.82) is 0 Å². The molecular formula is C18H31N3.